The number of ether oxygens (including phenoxy) is 2. The first kappa shape index (κ1) is 17.6. The maximum absolute atomic E-state index is 13.1. The summed E-state index contributed by atoms with van der Waals surface area (Å²) in [7, 11) is 2.28. The largest absolute Gasteiger partial charge is 0.465 e. The van der Waals surface area contributed by atoms with E-state index in [0.717, 1.165) is 36.7 Å². The van der Waals surface area contributed by atoms with Crippen molar-refractivity contribution in [3.05, 3.63) is 49.6 Å². The smallest absolute Gasteiger partial charge is 0.349 e. The van der Waals surface area contributed by atoms with Gasteiger partial charge >= 0.3 is 11.9 Å². The molecule has 3 aromatic rings. The highest BCUT2D eigenvalue weighted by molar-refractivity contribution is 7.20. The van der Waals surface area contributed by atoms with E-state index in [1.807, 2.05) is 19.9 Å². The van der Waals surface area contributed by atoms with Crippen LogP contribution in [0.2, 0.25) is 0 Å². The van der Waals surface area contributed by atoms with E-state index < -0.39 is 17.4 Å². The monoisotopic (exact) mass is 370 g/mol. The van der Waals surface area contributed by atoms with Gasteiger partial charge in [-0.3, -0.25) is 4.79 Å². The molecule has 0 spiro atoms. The van der Waals surface area contributed by atoms with E-state index in [1.54, 1.807) is 10.6 Å². The van der Waals surface area contributed by atoms with Crippen LogP contribution in [0.3, 0.4) is 0 Å². The van der Waals surface area contributed by atoms with Crippen LogP contribution in [0.1, 0.15) is 36.7 Å². The fourth-order valence-electron chi connectivity index (χ4n) is 3.05. The van der Waals surface area contributed by atoms with E-state index in [1.165, 1.54) is 0 Å². The topological polar surface area (TPSA) is 97.9 Å². The van der Waals surface area contributed by atoms with Gasteiger partial charge in [0.05, 0.1) is 30.0 Å². The summed E-state index contributed by atoms with van der Waals surface area (Å²) in [6, 6.07) is 4.01. The van der Waals surface area contributed by atoms with Crippen LogP contribution in [0.5, 0.6) is 0 Å². The predicted molar refractivity (Wildman–Crippen MR) is 95.9 cm³/mol. The molecular formula is C18H14N2O5S. The quantitative estimate of drug-likeness (QED) is 0.643. The maximum Gasteiger partial charge on any atom is 0.349 e. The second-order valence-electron chi connectivity index (χ2n) is 5.70. The van der Waals surface area contributed by atoms with Gasteiger partial charge in [0.15, 0.2) is 0 Å². The van der Waals surface area contributed by atoms with Crippen LogP contribution >= 0.6 is 11.3 Å². The Bertz CT molecular complexity index is 1200. The zero-order chi connectivity index (χ0) is 19.2. The fourth-order valence-corrected chi connectivity index (χ4v) is 4.23. The summed E-state index contributed by atoms with van der Waals surface area (Å²) >= 11 is 0.877. The van der Waals surface area contributed by atoms with Crippen LogP contribution in [0.25, 0.3) is 15.7 Å². The van der Waals surface area contributed by atoms with E-state index in [0.29, 0.717) is 10.2 Å². The molecular weight excluding hydrogens is 356 g/mol. The van der Waals surface area contributed by atoms with E-state index in [-0.39, 0.29) is 21.5 Å². The normalized spacial score (nSPS) is 10.7. The van der Waals surface area contributed by atoms with Crippen molar-refractivity contribution in [3.8, 4) is 6.07 Å². The highest BCUT2D eigenvalue weighted by Gasteiger charge is 2.29. The number of hydrogen-bond donors (Lipinski definition) is 0. The highest BCUT2D eigenvalue weighted by Crippen LogP contribution is 2.33. The average Bonchev–Trinajstić information content (AvgIpc) is 2.94. The Morgan fingerprint density at radius 2 is 1.81 bits per heavy atom. The summed E-state index contributed by atoms with van der Waals surface area (Å²) in [6.45, 7) is 3.70. The lowest BCUT2D eigenvalue weighted by molar-refractivity contribution is 0.0558. The van der Waals surface area contributed by atoms with Gasteiger partial charge in [0.25, 0.3) is 0 Å². The van der Waals surface area contributed by atoms with Crippen molar-refractivity contribution in [2.45, 2.75) is 13.8 Å². The lowest BCUT2D eigenvalue weighted by atomic mass is 10.1. The Balaban J connectivity index is 2.66. The lowest BCUT2D eigenvalue weighted by Gasteiger charge is -2.06. The van der Waals surface area contributed by atoms with Crippen molar-refractivity contribution in [2.24, 2.45) is 0 Å². The summed E-state index contributed by atoms with van der Waals surface area (Å²) in [6.07, 6.45) is 1.72. The van der Waals surface area contributed by atoms with Crippen LogP contribution < -0.4 is 5.43 Å². The lowest BCUT2D eigenvalue weighted by Crippen LogP contribution is -2.22. The van der Waals surface area contributed by atoms with Crippen LogP contribution in [-0.2, 0) is 9.47 Å². The van der Waals surface area contributed by atoms with E-state index in [2.05, 4.69) is 10.8 Å². The molecule has 0 saturated heterocycles. The highest BCUT2D eigenvalue weighted by atomic mass is 32.1. The number of nitrogens with zero attached hydrogens (tertiary/aromatic N) is 2. The van der Waals surface area contributed by atoms with Gasteiger partial charge in [-0.15, -0.1) is 11.3 Å². The third kappa shape index (κ3) is 2.36. The molecule has 0 N–H and O–H groups in total. The van der Waals surface area contributed by atoms with Crippen molar-refractivity contribution < 1.29 is 19.1 Å². The fraction of sp³-hybridized carbons (Fsp3) is 0.222. The van der Waals surface area contributed by atoms with Crippen LogP contribution in [-0.4, -0.2) is 30.6 Å². The number of fused-ring (bicyclic) bond motifs is 3. The minimum absolute atomic E-state index is 0.168. The standard InChI is InChI=1S/C18H14N2O5S/c1-8-5-9(2)12-10(6-19)15-13(20(12)7-8)14(21)11(17(22)24-3)16(26-15)18(23)25-4/h5,7H,1-4H3. The van der Waals surface area contributed by atoms with E-state index >= 15 is 0 Å². The number of aromatic nitrogens is 1. The number of rotatable bonds is 2. The molecule has 0 aliphatic carbocycles. The molecule has 0 amide bonds. The molecule has 3 heterocycles. The molecule has 0 aliphatic heterocycles. The number of methoxy groups -OCH3 is 2. The van der Waals surface area contributed by atoms with Crippen molar-refractivity contribution >= 4 is 39.0 Å². The number of aryl methyl sites for hydroxylation is 2. The van der Waals surface area contributed by atoms with Crippen molar-refractivity contribution in [1.29, 1.82) is 5.26 Å². The molecule has 0 aliphatic rings. The summed E-state index contributed by atoms with van der Waals surface area (Å²) in [4.78, 5) is 37.2. The Hall–Kier alpha value is -3.18. The minimum atomic E-state index is -0.925. The van der Waals surface area contributed by atoms with Gasteiger partial charge in [0.1, 0.15) is 22.0 Å². The van der Waals surface area contributed by atoms with Crippen molar-refractivity contribution in [1.82, 2.24) is 4.40 Å². The van der Waals surface area contributed by atoms with Gasteiger partial charge in [-0.1, -0.05) is 6.07 Å². The molecule has 26 heavy (non-hydrogen) atoms. The van der Waals surface area contributed by atoms with Crippen LogP contribution in [0.15, 0.2) is 17.1 Å². The van der Waals surface area contributed by atoms with Crippen molar-refractivity contribution in [2.75, 3.05) is 14.2 Å². The molecule has 0 radical (unpaired) electrons. The summed E-state index contributed by atoms with van der Waals surface area (Å²) < 4.78 is 11.3. The number of pyridine rings is 1. The third-order valence-electron chi connectivity index (χ3n) is 4.06. The van der Waals surface area contributed by atoms with Gasteiger partial charge < -0.3 is 13.9 Å². The van der Waals surface area contributed by atoms with Gasteiger partial charge in [0, 0.05) is 6.20 Å². The van der Waals surface area contributed by atoms with E-state index in [4.69, 9.17) is 4.74 Å². The molecule has 0 unspecified atom stereocenters. The third-order valence-corrected chi connectivity index (χ3v) is 5.23. The zero-order valence-corrected chi connectivity index (χ0v) is 15.3. The Kier molecular flexibility index (Phi) is 4.26. The Labute approximate surface area is 152 Å². The number of esters is 2. The minimum Gasteiger partial charge on any atom is -0.465 e. The number of nitriles is 1. The summed E-state index contributed by atoms with van der Waals surface area (Å²) in [5, 5.41) is 9.65. The first-order valence-corrected chi connectivity index (χ1v) is 8.36. The van der Waals surface area contributed by atoms with Gasteiger partial charge in [-0.2, -0.15) is 5.26 Å². The molecule has 0 aromatic carbocycles. The molecule has 0 fully saturated rings. The number of hydrogen-bond acceptors (Lipinski definition) is 7. The predicted octanol–water partition coefficient (Wildman–Crippen LogP) is 2.58. The molecule has 3 aromatic heterocycles. The molecule has 3 rings (SSSR count). The van der Waals surface area contributed by atoms with Gasteiger partial charge in [-0.05, 0) is 25.0 Å². The Morgan fingerprint density at radius 1 is 1.15 bits per heavy atom. The SMILES string of the molecule is COC(=O)c1sc2c(C#N)c3c(C)cc(C)cn3c2c(=O)c1C(=O)OC. The van der Waals surface area contributed by atoms with Gasteiger partial charge in [-0.25, -0.2) is 9.59 Å². The number of carbonyl (C=O) groups is 2. The first-order valence-electron chi connectivity index (χ1n) is 7.54. The molecule has 132 valence electrons. The maximum atomic E-state index is 13.1. The van der Waals surface area contributed by atoms with Crippen LogP contribution in [0.4, 0.5) is 0 Å². The van der Waals surface area contributed by atoms with E-state index in [9.17, 15) is 19.6 Å². The second kappa shape index (κ2) is 6.28. The molecule has 0 saturated carbocycles. The first-order chi connectivity index (χ1) is 12.3. The molecule has 8 heteroatoms. The summed E-state index contributed by atoms with van der Waals surface area (Å²) in [5.41, 5.74) is 1.65. The van der Waals surface area contributed by atoms with Gasteiger partial charge in [0.2, 0.25) is 5.43 Å². The molecule has 7 nitrogen and oxygen atoms in total. The Morgan fingerprint density at radius 3 is 2.38 bits per heavy atom. The summed E-state index contributed by atoms with van der Waals surface area (Å²) in [5.74, 6) is -1.76. The zero-order valence-electron chi connectivity index (χ0n) is 14.5. The molecule has 0 bridgehead atoms. The average molecular weight is 370 g/mol. The van der Waals surface area contributed by atoms with Crippen LogP contribution in [0, 0.1) is 25.2 Å². The van der Waals surface area contributed by atoms with Crippen molar-refractivity contribution in [3.63, 3.8) is 0 Å². The number of carbonyl (C=O) groups excluding carboxylic acids is 2. The molecule has 0 atom stereocenters. The second-order valence-corrected chi connectivity index (χ2v) is 6.72.